The Labute approximate surface area is 189 Å². The minimum Gasteiger partial charge on any atom is -0.486 e. The van der Waals surface area contributed by atoms with E-state index >= 15 is 0 Å². The molecule has 1 aromatic heterocycles. The number of nitrogens with one attached hydrogen (secondary N) is 3. The lowest BCUT2D eigenvalue weighted by Gasteiger charge is -2.32. The second kappa shape index (κ2) is 9.89. The summed E-state index contributed by atoms with van der Waals surface area (Å²) in [5.41, 5.74) is 6.94. The van der Waals surface area contributed by atoms with E-state index in [4.69, 9.17) is 9.47 Å². The number of rotatable bonds is 6. The second-order valence-corrected chi connectivity index (χ2v) is 9.16. The molecule has 2 aromatic rings. The third-order valence-corrected chi connectivity index (χ3v) is 4.97. The molecule has 0 fully saturated rings. The van der Waals surface area contributed by atoms with E-state index in [2.05, 4.69) is 21.2 Å². The van der Waals surface area contributed by atoms with Crippen LogP contribution in [0.15, 0.2) is 42.6 Å². The first-order chi connectivity index (χ1) is 15.1. The second-order valence-electron chi connectivity index (χ2n) is 9.16. The number of anilines is 1. The van der Waals surface area contributed by atoms with Crippen LogP contribution in [-0.2, 0) is 9.53 Å². The van der Waals surface area contributed by atoms with Crippen molar-refractivity contribution in [3.63, 3.8) is 0 Å². The van der Waals surface area contributed by atoms with Crippen LogP contribution in [0, 0.1) is 5.92 Å². The van der Waals surface area contributed by atoms with Crippen molar-refractivity contribution in [3.05, 3.63) is 53.7 Å². The van der Waals surface area contributed by atoms with Crippen molar-refractivity contribution < 1.29 is 19.1 Å². The first-order valence-electron chi connectivity index (χ1n) is 10.9. The highest BCUT2D eigenvalue weighted by Gasteiger charge is 2.30. The molecule has 0 saturated carbocycles. The van der Waals surface area contributed by atoms with Crippen molar-refractivity contribution in [2.24, 2.45) is 5.92 Å². The van der Waals surface area contributed by atoms with E-state index in [1.54, 1.807) is 18.3 Å². The van der Waals surface area contributed by atoms with Gasteiger partial charge in [-0.2, -0.15) is 0 Å². The number of hydrogen-bond donors (Lipinski definition) is 3. The summed E-state index contributed by atoms with van der Waals surface area (Å²) in [6.45, 7) is 9.16. The van der Waals surface area contributed by atoms with Gasteiger partial charge < -0.3 is 14.8 Å². The van der Waals surface area contributed by atoms with Gasteiger partial charge in [-0.15, -0.1) is 0 Å². The van der Waals surface area contributed by atoms with E-state index in [0.717, 1.165) is 24.0 Å². The molecule has 8 heteroatoms. The van der Waals surface area contributed by atoms with E-state index in [-0.39, 0.29) is 24.0 Å². The average Bonchev–Trinajstić information content (AvgIpc) is 2.72. The molecule has 2 atom stereocenters. The zero-order chi connectivity index (χ0) is 23.3. The van der Waals surface area contributed by atoms with E-state index < -0.39 is 11.7 Å². The molecular weight excluding hydrogens is 408 g/mol. The third-order valence-electron chi connectivity index (χ3n) is 4.97. The number of carbonyl (C=O) groups is 2. The van der Waals surface area contributed by atoms with Gasteiger partial charge in [0.15, 0.2) is 0 Å². The fourth-order valence-corrected chi connectivity index (χ4v) is 3.46. The van der Waals surface area contributed by atoms with Crippen molar-refractivity contribution in [1.82, 2.24) is 15.7 Å². The lowest BCUT2D eigenvalue weighted by Crippen LogP contribution is -2.37. The van der Waals surface area contributed by atoms with Crippen LogP contribution < -0.4 is 20.9 Å². The van der Waals surface area contributed by atoms with E-state index in [0.29, 0.717) is 11.6 Å². The predicted octanol–water partition coefficient (Wildman–Crippen LogP) is 4.66. The summed E-state index contributed by atoms with van der Waals surface area (Å²) in [6.07, 6.45) is 2.49. The van der Waals surface area contributed by atoms with Crippen LogP contribution >= 0.6 is 0 Å². The molecule has 8 nitrogen and oxygen atoms in total. The molecule has 3 rings (SSSR count). The molecule has 0 aliphatic heterocycles. The van der Waals surface area contributed by atoms with Crippen LogP contribution in [0.3, 0.4) is 0 Å². The lowest BCUT2D eigenvalue weighted by atomic mass is 9.85. The Kier molecular flexibility index (Phi) is 7.22. The maximum Gasteiger partial charge on any atom is 0.408 e. The van der Waals surface area contributed by atoms with Crippen LogP contribution in [-0.4, -0.2) is 22.6 Å². The SMILES string of the molecule is CC(C)C(=O)NNc1cc(OC2CCC(NC(=O)OC(C)(C)C)c3ccccc32)ccn1. The van der Waals surface area contributed by atoms with Gasteiger partial charge in [0.25, 0.3) is 0 Å². The van der Waals surface area contributed by atoms with E-state index in [1.807, 2.05) is 58.9 Å². The Balaban J connectivity index is 1.69. The highest BCUT2D eigenvalue weighted by atomic mass is 16.6. The number of amides is 2. The fraction of sp³-hybridized carbons (Fsp3) is 0.458. The van der Waals surface area contributed by atoms with Crippen LogP contribution in [0.5, 0.6) is 5.75 Å². The predicted molar refractivity (Wildman–Crippen MR) is 122 cm³/mol. The maximum atomic E-state index is 12.3. The Morgan fingerprint density at radius 3 is 2.50 bits per heavy atom. The molecule has 1 aliphatic carbocycles. The first-order valence-corrected chi connectivity index (χ1v) is 10.9. The van der Waals surface area contributed by atoms with Gasteiger partial charge in [-0.1, -0.05) is 38.1 Å². The molecule has 2 amide bonds. The summed E-state index contributed by atoms with van der Waals surface area (Å²) in [6, 6.07) is 11.3. The number of aromatic nitrogens is 1. The molecule has 0 bridgehead atoms. The highest BCUT2D eigenvalue weighted by molar-refractivity contribution is 5.79. The summed E-state index contributed by atoms with van der Waals surface area (Å²) in [5, 5.41) is 2.98. The lowest BCUT2D eigenvalue weighted by molar-refractivity contribution is -0.123. The summed E-state index contributed by atoms with van der Waals surface area (Å²) in [5.74, 6) is 0.871. The summed E-state index contributed by atoms with van der Waals surface area (Å²) < 4.78 is 11.7. The van der Waals surface area contributed by atoms with Gasteiger partial charge in [-0.05, 0) is 50.8 Å². The number of benzene rings is 1. The monoisotopic (exact) mass is 440 g/mol. The average molecular weight is 441 g/mol. The van der Waals surface area contributed by atoms with Gasteiger partial charge in [0.05, 0.1) is 6.04 Å². The Morgan fingerprint density at radius 2 is 1.81 bits per heavy atom. The van der Waals surface area contributed by atoms with Crippen molar-refractivity contribution in [3.8, 4) is 5.75 Å². The van der Waals surface area contributed by atoms with Gasteiger partial charge in [0.2, 0.25) is 5.91 Å². The summed E-state index contributed by atoms with van der Waals surface area (Å²) in [4.78, 5) is 28.3. The molecule has 0 saturated heterocycles. The number of fused-ring (bicyclic) bond motifs is 1. The molecule has 2 unspecified atom stereocenters. The Bertz CT molecular complexity index is 955. The highest BCUT2D eigenvalue weighted by Crippen LogP contribution is 2.39. The number of hydrogen-bond acceptors (Lipinski definition) is 6. The van der Waals surface area contributed by atoms with Crippen molar-refractivity contribution in [1.29, 1.82) is 0 Å². The first kappa shape index (κ1) is 23.4. The zero-order valence-electron chi connectivity index (χ0n) is 19.3. The molecule has 172 valence electrons. The molecule has 1 heterocycles. The summed E-state index contributed by atoms with van der Waals surface area (Å²) in [7, 11) is 0. The normalized spacial score (nSPS) is 17.8. The van der Waals surface area contributed by atoms with Crippen molar-refractivity contribution in [2.45, 2.75) is 65.2 Å². The van der Waals surface area contributed by atoms with Gasteiger partial charge >= 0.3 is 6.09 Å². The number of nitrogens with zero attached hydrogens (tertiary/aromatic N) is 1. The smallest absolute Gasteiger partial charge is 0.408 e. The standard InChI is InChI=1S/C24H32N4O4/c1-15(2)22(29)28-27-21-14-16(12-13-25-21)31-20-11-10-19(17-8-6-7-9-18(17)20)26-23(30)32-24(3,4)5/h6-9,12-15,19-20H,10-11H2,1-5H3,(H,25,27)(H,26,30)(H,28,29). The molecule has 3 N–H and O–H groups in total. The van der Waals surface area contributed by atoms with Crippen molar-refractivity contribution in [2.75, 3.05) is 5.43 Å². The van der Waals surface area contributed by atoms with Gasteiger partial charge in [-0.3, -0.25) is 15.6 Å². The number of ether oxygens (including phenoxy) is 2. The molecule has 1 aromatic carbocycles. The quantitative estimate of drug-likeness (QED) is 0.565. The Hall–Kier alpha value is -3.29. The maximum absolute atomic E-state index is 12.3. The largest absolute Gasteiger partial charge is 0.486 e. The van der Waals surface area contributed by atoms with Crippen LogP contribution in [0.25, 0.3) is 0 Å². The van der Waals surface area contributed by atoms with Gasteiger partial charge in [0, 0.05) is 18.2 Å². The minimum atomic E-state index is -0.550. The van der Waals surface area contributed by atoms with Crippen molar-refractivity contribution >= 4 is 17.8 Å². The van der Waals surface area contributed by atoms with Gasteiger partial charge in [-0.25, -0.2) is 9.78 Å². The van der Waals surface area contributed by atoms with Crippen LogP contribution in [0.2, 0.25) is 0 Å². The number of alkyl carbamates (subject to hydrolysis) is 1. The number of carbonyl (C=O) groups excluding carboxylic acids is 2. The number of pyridine rings is 1. The molecule has 0 radical (unpaired) electrons. The summed E-state index contributed by atoms with van der Waals surface area (Å²) >= 11 is 0. The molecule has 0 spiro atoms. The topological polar surface area (TPSA) is 102 Å². The molecule has 1 aliphatic rings. The number of hydrazine groups is 1. The van der Waals surface area contributed by atoms with E-state index in [1.165, 1.54) is 0 Å². The van der Waals surface area contributed by atoms with Gasteiger partial charge in [0.1, 0.15) is 23.3 Å². The molecular formula is C24H32N4O4. The third kappa shape index (κ3) is 6.35. The van der Waals surface area contributed by atoms with E-state index in [9.17, 15) is 9.59 Å². The Morgan fingerprint density at radius 1 is 1.09 bits per heavy atom. The minimum absolute atomic E-state index is 0.122. The van der Waals surface area contributed by atoms with Crippen LogP contribution in [0.1, 0.15) is 70.7 Å². The zero-order valence-corrected chi connectivity index (χ0v) is 19.3. The fourth-order valence-electron chi connectivity index (χ4n) is 3.46. The molecule has 32 heavy (non-hydrogen) atoms. The van der Waals surface area contributed by atoms with Crippen LogP contribution in [0.4, 0.5) is 10.6 Å².